The van der Waals surface area contributed by atoms with Gasteiger partial charge in [0.15, 0.2) is 5.17 Å². The van der Waals surface area contributed by atoms with Gasteiger partial charge >= 0.3 is 0 Å². The van der Waals surface area contributed by atoms with E-state index in [4.69, 9.17) is 0 Å². The monoisotopic (exact) mass is 339 g/mol. The number of carbonyl (C=O) groups excluding carboxylic acids is 1. The first-order valence-corrected chi connectivity index (χ1v) is 8.74. The number of anilines is 1. The number of hydrogen-bond acceptors (Lipinski definition) is 5. The van der Waals surface area contributed by atoms with Gasteiger partial charge in [-0.1, -0.05) is 23.9 Å². The molecule has 1 aromatic heterocycles. The summed E-state index contributed by atoms with van der Waals surface area (Å²) < 4.78 is 0. The van der Waals surface area contributed by atoms with Gasteiger partial charge < -0.3 is 15.2 Å². The Labute approximate surface area is 144 Å². The maximum Gasteiger partial charge on any atom is 0.230 e. The van der Waals surface area contributed by atoms with Gasteiger partial charge in [-0.3, -0.25) is 9.79 Å². The van der Waals surface area contributed by atoms with Crippen molar-refractivity contribution < 1.29 is 4.79 Å². The van der Waals surface area contributed by atoms with E-state index in [1.807, 2.05) is 29.7 Å². The number of nitrogens with zero attached hydrogens (tertiary/aromatic N) is 3. The van der Waals surface area contributed by atoms with Crippen LogP contribution in [0.25, 0.3) is 11.3 Å². The molecule has 0 saturated heterocycles. The topological polar surface area (TPSA) is 73.4 Å². The number of fused-ring (bicyclic) bond motifs is 1. The molecule has 2 aromatic rings. The van der Waals surface area contributed by atoms with E-state index in [1.165, 1.54) is 0 Å². The Morgan fingerprint density at radius 3 is 3.25 bits per heavy atom. The highest BCUT2D eigenvalue weighted by Crippen LogP contribution is 2.30. The van der Waals surface area contributed by atoms with Crippen LogP contribution in [0.5, 0.6) is 0 Å². The average Bonchev–Trinajstić information content (AvgIpc) is 3.26. The zero-order valence-electron chi connectivity index (χ0n) is 13.0. The minimum absolute atomic E-state index is 0.0181. The van der Waals surface area contributed by atoms with E-state index in [-0.39, 0.29) is 5.91 Å². The number of aromatic amines is 1. The van der Waals surface area contributed by atoms with Crippen LogP contribution >= 0.6 is 11.8 Å². The maximum atomic E-state index is 12.4. The molecule has 1 aromatic carbocycles. The highest BCUT2D eigenvalue weighted by atomic mass is 32.2. The van der Waals surface area contributed by atoms with Crippen LogP contribution in [-0.4, -0.2) is 39.0 Å². The lowest BCUT2D eigenvalue weighted by molar-refractivity contribution is -0.115. The van der Waals surface area contributed by atoms with Crippen LogP contribution in [0.4, 0.5) is 5.69 Å². The lowest BCUT2D eigenvalue weighted by atomic mass is 10.1. The van der Waals surface area contributed by atoms with Gasteiger partial charge in [0, 0.05) is 30.0 Å². The molecule has 0 radical (unpaired) electrons. The first-order chi connectivity index (χ1) is 11.8. The van der Waals surface area contributed by atoms with Crippen LogP contribution in [0.1, 0.15) is 12.8 Å². The Hall–Kier alpha value is -2.54. The summed E-state index contributed by atoms with van der Waals surface area (Å²) in [6, 6.07) is 7.74. The van der Waals surface area contributed by atoms with E-state index in [2.05, 4.69) is 25.2 Å². The van der Waals surface area contributed by atoms with Crippen LogP contribution in [0.15, 0.2) is 52.9 Å². The predicted molar refractivity (Wildman–Crippen MR) is 96.6 cm³/mol. The van der Waals surface area contributed by atoms with Crippen LogP contribution in [-0.2, 0) is 4.79 Å². The molecule has 6 nitrogen and oxygen atoms in total. The molecular formula is C17H17N5OS. The molecule has 7 heteroatoms. The highest BCUT2D eigenvalue weighted by Gasteiger charge is 2.26. The number of benzene rings is 1. The molecule has 0 aliphatic carbocycles. The van der Waals surface area contributed by atoms with Crippen molar-refractivity contribution in [1.82, 2.24) is 14.9 Å². The van der Waals surface area contributed by atoms with Gasteiger partial charge in [0.2, 0.25) is 5.91 Å². The number of aliphatic imine (C=N–C) groups is 1. The molecule has 0 saturated carbocycles. The number of nitrogens with one attached hydrogen (secondary N) is 2. The molecule has 0 unspecified atom stereocenters. The van der Waals surface area contributed by atoms with Crippen LogP contribution in [0.3, 0.4) is 0 Å². The van der Waals surface area contributed by atoms with E-state index >= 15 is 0 Å². The van der Waals surface area contributed by atoms with Gasteiger partial charge in [0.05, 0.1) is 24.6 Å². The molecule has 2 N–H and O–H groups in total. The van der Waals surface area contributed by atoms with Crippen molar-refractivity contribution in [2.75, 3.05) is 18.4 Å². The fourth-order valence-corrected chi connectivity index (χ4v) is 3.77. The number of thioether (sulfide) groups is 1. The van der Waals surface area contributed by atoms with E-state index in [9.17, 15) is 4.79 Å². The molecule has 0 fully saturated rings. The quantitative estimate of drug-likeness (QED) is 0.898. The molecule has 1 amide bonds. The molecule has 3 heterocycles. The number of amidine groups is 1. The number of hydrogen-bond donors (Lipinski definition) is 2. The third kappa shape index (κ3) is 3.07. The largest absolute Gasteiger partial charge is 0.345 e. The van der Waals surface area contributed by atoms with Crippen molar-refractivity contribution in [2.45, 2.75) is 12.8 Å². The Kier molecular flexibility index (Phi) is 4.08. The summed E-state index contributed by atoms with van der Waals surface area (Å²) in [5.41, 5.74) is 3.73. The first-order valence-electron chi connectivity index (χ1n) is 7.86. The number of aromatic nitrogens is 2. The van der Waals surface area contributed by atoms with E-state index in [0.29, 0.717) is 6.42 Å². The number of H-pyrrole nitrogens is 1. The molecule has 0 bridgehead atoms. The summed E-state index contributed by atoms with van der Waals surface area (Å²) in [5.74, 6) is -0.0181. The predicted octanol–water partition coefficient (Wildman–Crippen LogP) is 3.06. The van der Waals surface area contributed by atoms with Crippen molar-refractivity contribution in [3.63, 3.8) is 0 Å². The minimum Gasteiger partial charge on any atom is -0.345 e. The fourth-order valence-electron chi connectivity index (χ4n) is 2.82. The van der Waals surface area contributed by atoms with Gasteiger partial charge in [-0.2, -0.15) is 0 Å². The SMILES string of the molecule is O=C(CC1=CSC2=NCCCN12)Nc1cccc(-c2cnc[nH]2)c1. The molecule has 122 valence electrons. The van der Waals surface area contributed by atoms with Crippen molar-refractivity contribution in [1.29, 1.82) is 0 Å². The minimum atomic E-state index is -0.0181. The Morgan fingerprint density at radius 2 is 2.38 bits per heavy atom. The lowest BCUT2D eigenvalue weighted by Gasteiger charge is -2.25. The summed E-state index contributed by atoms with van der Waals surface area (Å²) in [4.78, 5) is 26.1. The average molecular weight is 339 g/mol. The lowest BCUT2D eigenvalue weighted by Crippen LogP contribution is -2.31. The van der Waals surface area contributed by atoms with Crippen LogP contribution in [0.2, 0.25) is 0 Å². The smallest absolute Gasteiger partial charge is 0.230 e. The van der Waals surface area contributed by atoms with E-state index in [1.54, 1.807) is 24.3 Å². The number of carbonyl (C=O) groups is 1. The number of rotatable bonds is 4. The fraction of sp³-hybridized carbons (Fsp3) is 0.235. The summed E-state index contributed by atoms with van der Waals surface area (Å²) in [5, 5.41) is 6.03. The normalized spacial score (nSPS) is 16.4. The van der Waals surface area contributed by atoms with Crippen molar-refractivity contribution in [3.8, 4) is 11.3 Å². The van der Waals surface area contributed by atoms with Crippen molar-refractivity contribution >= 4 is 28.5 Å². The van der Waals surface area contributed by atoms with E-state index < -0.39 is 0 Å². The first kappa shape index (κ1) is 15.0. The summed E-state index contributed by atoms with van der Waals surface area (Å²) >= 11 is 1.61. The van der Waals surface area contributed by atoms with Gasteiger partial charge in [0.1, 0.15) is 0 Å². The molecule has 4 rings (SSSR count). The van der Waals surface area contributed by atoms with Gasteiger partial charge in [0.25, 0.3) is 0 Å². The van der Waals surface area contributed by atoms with Crippen LogP contribution < -0.4 is 5.32 Å². The molecule has 24 heavy (non-hydrogen) atoms. The van der Waals surface area contributed by atoms with E-state index in [0.717, 1.165) is 47.3 Å². The van der Waals surface area contributed by atoms with Crippen LogP contribution in [0, 0.1) is 0 Å². The summed E-state index contributed by atoms with van der Waals surface area (Å²) in [6.45, 7) is 1.83. The zero-order chi connectivity index (χ0) is 16.4. The highest BCUT2D eigenvalue weighted by molar-refractivity contribution is 8.16. The second-order valence-electron chi connectivity index (χ2n) is 5.67. The van der Waals surface area contributed by atoms with Gasteiger partial charge in [-0.25, -0.2) is 4.98 Å². The second-order valence-corrected chi connectivity index (χ2v) is 6.50. The molecule has 0 atom stereocenters. The Morgan fingerprint density at radius 1 is 1.42 bits per heavy atom. The maximum absolute atomic E-state index is 12.4. The number of amides is 1. The third-order valence-corrected chi connectivity index (χ3v) is 4.91. The third-order valence-electron chi connectivity index (χ3n) is 3.96. The molecule has 0 spiro atoms. The zero-order valence-corrected chi connectivity index (χ0v) is 13.8. The van der Waals surface area contributed by atoms with Crippen molar-refractivity contribution in [3.05, 3.63) is 47.9 Å². The van der Waals surface area contributed by atoms with Gasteiger partial charge in [-0.05, 0) is 24.0 Å². The summed E-state index contributed by atoms with van der Waals surface area (Å²) in [6.07, 6.45) is 4.80. The second kappa shape index (κ2) is 6.52. The Balaban J connectivity index is 1.43. The molecule has 2 aliphatic heterocycles. The van der Waals surface area contributed by atoms with Gasteiger partial charge in [-0.15, -0.1) is 0 Å². The Bertz CT molecular complexity index is 812. The number of imidazole rings is 1. The molecular weight excluding hydrogens is 322 g/mol. The standard InChI is InChI=1S/C17H17N5OS/c23-16(8-14-10-24-17-19-5-2-6-22(14)17)21-13-4-1-3-12(7-13)15-9-18-11-20-15/h1,3-4,7,9-11H,2,5-6,8H2,(H,18,20)(H,21,23). The summed E-state index contributed by atoms with van der Waals surface area (Å²) in [7, 11) is 0. The van der Waals surface area contributed by atoms with Crippen molar-refractivity contribution in [2.24, 2.45) is 4.99 Å². The molecule has 2 aliphatic rings.